The lowest BCUT2D eigenvalue weighted by Crippen LogP contribution is -2.52. The lowest BCUT2D eigenvalue weighted by Gasteiger charge is -2.34. The Kier molecular flexibility index (Phi) is 3.99. The van der Waals surface area contributed by atoms with Gasteiger partial charge in [0.1, 0.15) is 5.82 Å². The molecule has 1 aromatic rings. The largest absolute Gasteiger partial charge is 0.416 e. The van der Waals surface area contributed by atoms with Gasteiger partial charge in [0, 0.05) is 31.2 Å². The molecule has 3 nitrogen and oxygen atoms in total. The van der Waals surface area contributed by atoms with E-state index in [0.717, 1.165) is 6.07 Å². The highest BCUT2D eigenvalue weighted by Crippen LogP contribution is 2.30. The summed E-state index contributed by atoms with van der Waals surface area (Å²) in [6.45, 7) is 3.30. The molecule has 0 spiro atoms. The lowest BCUT2D eigenvalue weighted by molar-refractivity contribution is -0.137. The van der Waals surface area contributed by atoms with Crippen LogP contribution in [0, 0.1) is 5.82 Å². The highest BCUT2D eigenvalue weighted by molar-refractivity contribution is 5.94. The number of amides is 1. The van der Waals surface area contributed by atoms with Crippen LogP contribution in [0.2, 0.25) is 0 Å². The first-order chi connectivity index (χ1) is 9.29. The van der Waals surface area contributed by atoms with E-state index >= 15 is 0 Å². The summed E-state index contributed by atoms with van der Waals surface area (Å²) in [5, 5.41) is 3.07. The van der Waals surface area contributed by atoms with Crippen molar-refractivity contribution in [2.45, 2.75) is 19.1 Å². The molecule has 1 aliphatic heterocycles. The molecule has 0 aliphatic carbocycles. The van der Waals surface area contributed by atoms with E-state index in [1.807, 2.05) is 0 Å². The zero-order chi connectivity index (χ0) is 14.9. The molecule has 0 saturated carbocycles. The second kappa shape index (κ2) is 5.40. The monoisotopic (exact) mass is 290 g/mol. The first kappa shape index (κ1) is 14.8. The molecule has 0 radical (unpaired) electrons. The third-order valence-corrected chi connectivity index (χ3v) is 3.23. The van der Waals surface area contributed by atoms with Gasteiger partial charge in [-0.15, -0.1) is 0 Å². The van der Waals surface area contributed by atoms with Crippen molar-refractivity contribution in [1.29, 1.82) is 0 Å². The molecule has 1 fully saturated rings. The van der Waals surface area contributed by atoms with E-state index < -0.39 is 23.5 Å². The first-order valence-corrected chi connectivity index (χ1v) is 6.18. The number of halogens is 4. The molecule has 1 aromatic carbocycles. The van der Waals surface area contributed by atoms with Gasteiger partial charge in [-0.05, 0) is 25.1 Å². The molecule has 20 heavy (non-hydrogen) atoms. The number of nitrogens with one attached hydrogen (secondary N) is 1. The van der Waals surface area contributed by atoms with E-state index in [4.69, 9.17) is 0 Å². The third kappa shape index (κ3) is 3.09. The number of benzene rings is 1. The van der Waals surface area contributed by atoms with E-state index in [1.54, 1.807) is 6.92 Å². The van der Waals surface area contributed by atoms with Crippen LogP contribution < -0.4 is 5.32 Å². The molecule has 1 heterocycles. The lowest BCUT2D eigenvalue weighted by atomic mass is 10.1. The van der Waals surface area contributed by atoms with Gasteiger partial charge in [-0.1, -0.05) is 0 Å². The zero-order valence-electron chi connectivity index (χ0n) is 10.8. The molecule has 0 aromatic heterocycles. The maximum Gasteiger partial charge on any atom is 0.416 e. The number of hydrogen-bond acceptors (Lipinski definition) is 2. The van der Waals surface area contributed by atoms with E-state index in [-0.39, 0.29) is 11.6 Å². The third-order valence-electron chi connectivity index (χ3n) is 3.23. The maximum atomic E-state index is 13.3. The van der Waals surface area contributed by atoms with Crippen molar-refractivity contribution >= 4 is 5.91 Å². The van der Waals surface area contributed by atoms with Gasteiger partial charge < -0.3 is 10.2 Å². The molecule has 1 saturated heterocycles. The first-order valence-electron chi connectivity index (χ1n) is 6.18. The molecule has 110 valence electrons. The summed E-state index contributed by atoms with van der Waals surface area (Å²) < 4.78 is 51.2. The van der Waals surface area contributed by atoms with Gasteiger partial charge in [0.15, 0.2) is 0 Å². The number of carbonyl (C=O) groups is 1. The number of rotatable bonds is 1. The van der Waals surface area contributed by atoms with Crippen LogP contribution in [0.4, 0.5) is 17.6 Å². The predicted molar refractivity (Wildman–Crippen MR) is 64.8 cm³/mol. The minimum atomic E-state index is -4.67. The molecule has 7 heteroatoms. The number of alkyl halides is 3. The molecular weight excluding hydrogens is 276 g/mol. The van der Waals surface area contributed by atoms with E-state index in [0.29, 0.717) is 31.8 Å². The highest BCUT2D eigenvalue weighted by Gasteiger charge is 2.33. The summed E-state index contributed by atoms with van der Waals surface area (Å²) in [4.78, 5) is 13.7. The minimum absolute atomic E-state index is 0.145. The fourth-order valence-electron chi connectivity index (χ4n) is 2.19. The SMILES string of the molecule is C[C@H]1CNCCN1C(=O)c1cc(F)cc(C(F)(F)F)c1. The average molecular weight is 290 g/mol. The molecule has 1 atom stereocenters. The van der Waals surface area contributed by atoms with Gasteiger partial charge in [0.05, 0.1) is 5.56 Å². The predicted octanol–water partition coefficient (Wildman–Crippen LogP) is 2.28. The van der Waals surface area contributed by atoms with Gasteiger partial charge in [-0.2, -0.15) is 13.2 Å². The van der Waals surface area contributed by atoms with Crippen molar-refractivity contribution in [2.24, 2.45) is 0 Å². The average Bonchev–Trinajstić information content (AvgIpc) is 2.37. The Bertz CT molecular complexity index is 516. The summed E-state index contributed by atoms with van der Waals surface area (Å²) in [6.07, 6.45) is -4.67. The standard InChI is InChI=1S/C13H14F4N2O/c1-8-7-18-2-3-19(8)12(20)9-4-10(13(15,16)17)6-11(14)5-9/h4-6,8,18H,2-3,7H2,1H3/t8-/m0/s1. The van der Waals surface area contributed by atoms with Crippen molar-refractivity contribution in [1.82, 2.24) is 10.2 Å². The van der Waals surface area contributed by atoms with Crippen LogP contribution in [-0.2, 0) is 6.18 Å². The van der Waals surface area contributed by atoms with Crippen LogP contribution in [-0.4, -0.2) is 36.5 Å². The Hall–Kier alpha value is -1.63. The molecule has 1 N–H and O–H groups in total. The normalized spacial score (nSPS) is 20.1. The summed E-state index contributed by atoms with van der Waals surface area (Å²) in [7, 11) is 0. The van der Waals surface area contributed by atoms with Crippen molar-refractivity contribution < 1.29 is 22.4 Å². The summed E-state index contributed by atoms with van der Waals surface area (Å²) in [5.41, 5.74) is -1.42. The maximum absolute atomic E-state index is 13.3. The van der Waals surface area contributed by atoms with Crippen molar-refractivity contribution in [3.05, 3.63) is 35.1 Å². The Morgan fingerprint density at radius 1 is 1.35 bits per heavy atom. The van der Waals surface area contributed by atoms with Gasteiger partial charge >= 0.3 is 6.18 Å². The van der Waals surface area contributed by atoms with Gasteiger partial charge in [-0.3, -0.25) is 4.79 Å². The van der Waals surface area contributed by atoms with Gasteiger partial charge in [0.25, 0.3) is 5.91 Å². The highest BCUT2D eigenvalue weighted by atomic mass is 19.4. The van der Waals surface area contributed by atoms with E-state index in [9.17, 15) is 22.4 Å². The quantitative estimate of drug-likeness (QED) is 0.805. The Balaban J connectivity index is 2.32. The van der Waals surface area contributed by atoms with Gasteiger partial charge in [0.2, 0.25) is 0 Å². The second-order valence-corrected chi connectivity index (χ2v) is 4.78. The molecule has 1 aliphatic rings. The summed E-state index contributed by atoms with van der Waals surface area (Å²) in [6, 6.07) is 1.78. The summed E-state index contributed by atoms with van der Waals surface area (Å²) >= 11 is 0. The Morgan fingerprint density at radius 2 is 2.05 bits per heavy atom. The van der Waals surface area contributed by atoms with Crippen LogP contribution in [0.25, 0.3) is 0 Å². The minimum Gasteiger partial charge on any atom is -0.333 e. The second-order valence-electron chi connectivity index (χ2n) is 4.78. The van der Waals surface area contributed by atoms with Crippen LogP contribution in [0.3, 0.4) is 0 Å². The Morgan fingerprint density at radius 3 is 2.65 bits per heavy atom. The van der Waals surface area contributed by atoms with Crippen LogP contribution in [0.15, 0.2) is 18.2 Å². The summed E-state index contributed by atoms with van der Waals surface area (Å²) in [5.74, 6) is -1.64. The van der Waals surface area contributed by atoms with Crippen molar-refractivity contribution in [3.63, 3.8) is 0 Å². The van der Waals surface area contributed by atoms with Crippen LogP contribution in [0.5, 0.6) is 0 Å². The van der Waals surface area contributed by atoms with Crippen LogP contribution in [0.1, 0.15) is 22.8 Å². The van der Waals surface area contributed by atoms with Crippen molar-refractivity contribution in [3.8, 4) is 0 Å². The topological polar surface area (TPSA) is 32.3 Å². The molecule has 1 amide bonds. The fourth-order valence-corrected chi connectivity index (χ4v) is 2.19. The van der Waals surface area contributed by atoms with E-state index in [2.05, 4.69) is 5.32 Å². The molecule has 0 bridgehead atoms. The van der Waals surface area contributed by atoms with Gasteiger partial charge in [-0.25, -0.2) is 4.39 Å². The van der Waals surface area contributed by atoms with E-state index in [1.165, 1.54) is 4.90 Å². The molecular formula is C13H14F4N2O. The number of piperazine rings is 1. The number of hydrogen-bond donors (Lipinski definition) is 1. The smallest absolute Gasteiger partial charge is 0.333 e. The fraction of sp³-hybridized carbons (Fsp3) is 0.462. The number of carbonyl (C=O) groups excluding carboxylic acids is 1. The Labute approximate surface area is 113 Å². The van der Waals surface area contributed by atoms with Crippen molar-refractivity contribution in [2.75, 3.05) is 19.6 Å². The molecule has 0 unspecified atom stereocenters. The molecule has 2 rings (SSSR count). The van der Waals surface area contributed by atoms with Crippen LogP contribution >= 0.6 is 0 Å². The zero-order valence-corrected chi connectivity index (χ0v) is 10.8. The number of nitrogens with zero attached hydrogens (tertiary/aromatic N) is 1.